The highest BCUT2D eigenvalue weighted by Crippen LogP contribution is 2.28. The minimum Gasteiger partial charge on any atom is -0.484 e. The van der Waals surface area contributed by atoms with Gasteiger partial charge < -0.3 is 10.1 Å². The summed E-state index contributed by atoms with van der Waals surface area (Å²) in [6.07, 6.45) is 0. The fourth-order valence-corrected chi connectivity index (χ4v) is 4.59. The van der Waals surface area contributed by atoms with E-state index in [1.165, 1.54) is 4.31 Å². The van der Waals surface area contributed by atoms with Gasteiger partial charge in [0.2, 0.25) is 0 Å². The highest BCUT2D eigenvalue weighted by Gasteiger charge is 2.25. The zero-order valence-electron chi connectivity index (χ0n) is 17.9. The summed E-state index contributed by atoms with van der Waals surface area (Å²) in [5, 5.41) is 3.24. The third-order valence-corrected chi connectivity index (χ3v) is 6.76. The number of nitrogens with zero attached hydrogens (tertiary/aromatic N) is 1. The molecule has 1 N–H and O–H groups in total. The molecule has 0 radical (unpaired) electrons. The van der Waals surface area contributed by atoms with Crippen LogP contribution in [0.2, 0.25) is 5.02 Å². The number of aryl methyl sites for hydroxylation is 1. The van der Waals surface area contributed by atoms with Crippen LogP contribution in [0.25, 0.3) is 0 Å². The number of likely N-dealkylation sites (N-methyl/N-ethyl adjacent to an activating group) is 1. The molecule has 0 unspecified atom stereocenters. The minimum atomic E-state index is -3.83. The van der Waals surface area contributed by atoms with Gasteiger partial charge in [-0.1, -0.05) is 41.4 Å². The molecular formula is C24H25ClN2O4S. The van der Waals surface area contributed by atoms with Gasteiger partial charge in [0.05, 0.1) is 17.1 Å². The number of amides is 1. The molecule has 0 saturated heterocycles. The molecule has 3 aromatic rings. The second kappa shape index (κ2) is 10.5. The highest BCUT2D eigenvalue weighted by molar-refractivity contribution is 7.92. The normalized spacial score (nSPS) is 11.1. The van der Waals surface area contributed by atoms with Crippen LogP contribution >= 0.6 is 11.6 Å². The lowest BCUT2D eigenvalue weighted by Crippen LogP contribution is -2.30. The lowest BCUT2D eigenvalue weighted by Gasteiger charge is -2.25. The predicted molar refractivity (Wildman–Crippen MR) is 127 cm³/mol. The average Bonchev–Trinajstić information content (AvgIpc) is 2.78. The summed E-state index contributed by atoms with van der Waals surface area (Å²) < 4.78 is 33.8. The third kappa shape index (κ3) is 6.02. The van der Waals surface area contributed by atoms with E-state index >= 15 is 0 Å². The van der Waals surface area contributed by atoms with E-state index in [2.05, 4.69) is 5.32 Å². The number of carbonyl (C=O) groups excluding carboxylic acids is 1. The molecule has 0 aliphatic heterocycles. The van der Waals surface area contributed by atoms with Crippen LogP contribution in [0.1, 0.15) is 18.1 Å². The van der Waals surface area contributed by atoms with E-state index in [1.54, 1.807) is 72.8 Å². The van der Waals surface area contributed by atoms with Gasteiger partial charge >= 0.3 is 0 Å². The average molecular weight is 473 g/mol. The van der Waals surface area contributed by atoms with Crippen LogP contribution in [-0.4, -0.2) is 27.5 Å². The summed E-state index contributed by atoms with van der Waals surface area (Å²) in [5.41, 5.74) is 2.24. The lowest BCUT2D eigenvalue weighted by atomic mass is 10.2. The van der Waals surface area contributed by atoms with Crippen molar-refractivity contribution in [3.63, 3.8) is 0 Å². The molecule has 0 aromatic heterocycles. The van der Waals surface area contributed by atoms with Gasteiger partial charge in [-0.2, -0.15) is 0 Å². The molecule has 0 fully saturated rings. The molecule has 1 amide bonds. The SMILES string of the molecule is CCNC(=O)COc1ccc(N(Cc2ccc(Cl)cc2)S(=O)(=O)c2ccc(C)cc2)cc1. The quantitative estimate of drug-likeness (QED) is 0.495. The Kier molecular flexibility index (Phi) is 7.77. The second-order valence-electron chi connectivity index (χ2n) is 7.19. The second-order valence-corrected chi connectivity index (χ2v) is 9.49. The molecule has 6 nitrogen and oxygen atoms in total. The number of benzene rings is 3. The minimum absolute atomic E-state index is 0.108. The maximum atomic E-state index is 13.5. The molecule has 3 aromatic carbocycles. The Morgan fingerprint density at radius 2 is 1.59 bits per heavy atom. The topological polar surface area (TPSA) is 75.7 Å². The molecule has 0 heterocycles. The van der Waals surface area contributed by atoms with Crippen molar-refractivity contribution in [2.75, 3.05) is 17.5 Å². The zero-order valence-corrected chi connectivity index (χ0v) is 19.5. The summed E-state index contributed by atoms with van der Waals surface area (Å²) in [6, 6.07) is 20.4. The van der Waals surface area contributed by atoms with Gasteiger partial charge in [0.1, 0.15) is 5.75 Å². The van der Waals surface area contributed by atoms with E-state index in [-0.39, 0.29) is 24.0 Å². The Labute approximate surface area is 193 Å². The van der Waals surface area contributed by atoms with Crippen LogP contribution in [0.15, 0.2) is 77.7 Å². The van der Waals surface area contributed by atoms with Gasteiger partial charge in [-0.05, 0) is 67.9 Å². The van der Waals surface area contributed by atoms with Crippen molar-refractivity contribution >= 4 is 33.2 Å². The molecule has 0 atom stereocenters. The number of nitrogens with one attached hydrogen (secondary N) is 1. The monoisotopic (exact) mass is 472 g/mol. The standard InChI is InChI=1S/C24H25ClN2O4S/c1-3-26-24(28)17-31-22-12-10-21(11-13-22)27(16-19-6-8-20(25)9-7-19)32(29,30)23-14-4-18(2)5-15-23/h4-15H,3,16-17H2,1-2H3,(H,26,28). The molecule has 32 heavy (non-hydrogen) atoms. The number of sulfonamides is 1. The van der Waals surface area contributed by atoms with Crippen molar-refractivity contribution in [2.24, 2.45) is 0 Å². The third-order valence-electron chi connectivity index (χ3n) is 4.72. The van der Waals surface area contributed by atoms with E-state index in [0.717, 1.165) is 11.1 Å². The maximum absolute atomic E-state index is 13.5. The molecule has 0 spiro atoms. The summed E-state index contributed by atoms with van der Waals surface area (Å²) in [5.74, 6) is 0.252. The number of hydrogen-bond donors (Lipinski definition) is 1. The fourth-order valence-electron chi connectivity index (χ4n) is 3.01. The van der Waals surface area contributed by atoms with Gasteiger partial charge in [0.15, 0.2) is 6.61 Å². The van der Waals surface area contributed by atoms with Crippen LogP contribution in [0.5, 0.6) is 5.75 Å². The van der Waals surface area contributed by atoms with Crippen LogP contribution in [0.3, 0.4) is 0 Å². The number of ether oxygens (including phenoxy) is 1. The molecule has 0 bridgehead atoms. The lowest BCUT2D eigenvalue weighted by molar-refractivity contribution is -0.122. The number of anilines is 1. The number of rotatable bonds is 9. The molecule has 0 saturated carbocycles. The number of halogens is 1. The molecule has 8 heteroatoms. The van der Waals surface area contributed by atoms with Crippen molar-refractivity contribution in [3.05, 3.63) is 88.9 Å². The van der Waals surface area contributed by atoms with Gasteiger partial charge in [-0.25, -0.2) is 8.42 Å². The molecule has 0 aliphatic rings. The number of carbonyl (C=O) groups is 1. The first-order valence-electron chi connectivity index (χ1n) is 10.1. The Balaban J connectivity index is 1.90. The highest BCUT2D eigenvalue weighted by atomic mass is 35.5. The fraction of sp³-hybridized carbons (Fsp3) is 0.208. The van der Waals surface area contributed by atoms with Crippen LogP contribution < -0.4 is 14.4 Å². The van der Waals surface area contributed by atoms with Gasteiger partial charge in [-0.3, -0.25) is 9.10 Å². The first-order chi connectivity index (χ1) is 15.3. The van der Waals surface area contributed by atoms with Crippen molar-refractivity contribution in [1.29, 1.82) is 0 Å². The van der Waals surface area contributed by atoms with Crippen LogP contribution in [-0.2, 0) is 21.4 Å². The van der Waals surface area contributed by atoms with Crippen molar-refractivity contribution in [1.82, 2.24) is 5.32 Å². The van der Waals surface area contributed by atoms with E-state index in [0.29, 0.717) is 23.0 Å². The van der Waals surface area contributed by atoms with E-state index in [4.69, 9.17) is 16.3 Å². The van der Waals surface area contributed by atoms with E-state index in [1.807, 2.05) is 13.8 Å². The summed E-state index contributed by atoms with van der Waals surface area (Å²) in [7, 11) is -3.83. The number of hydrogen-bond acceptors (Lipinski definition) is 4. The Morgan fingerprint density at radius 1 is 0.969 bits per heavy atom. The smallest absolute Gasteiger partial charge is 0.264 e. The van der Waals surface area contributed by atoms with Crippen LogP contribution in [0, 0.1) is 6.92 Å². The molecule has 3 rings (SSSR count). The Morgan fingerprint density at radius 3 is 2.19 bits per heavy atom. The van der Waals surface area contributed by atoms with Gasteiger partial charge in [0, 0.05) is 11.6 Å². The molecule has 0 aliphatic carbocycles. The van der Waals surface area contributed by atoms with Gasteiger partial charge in [0.25, 0.3) is 15.9 Å². The Bertz CT molecular complexity index is 1150. The summed E-state index contributed by atoms with van der Waals surface area (Å²) in [6.45, 7) is 4.28. The Hall–Kier alpha value is -3.03. The van der Waals surface area contributed by atoms with E-state index in [9.17, 15) is 13.2 Å². The summed E-state index contributed by atoms with van der Waals surface area (Å²) >= 11 is 5.98. The van der Waals surface area contributed by atoms with Crippen molar-refractivity contribution in [3.8, 4) is 5.75 Å². The van der Waals surface area contributed by atoms with Crippen LogP contribution in [0.4, 0.5) is 5.69 Å². The van der Waals surface area contributed by atoms with E-state index < -0.39 is 10.0 Å². The van der Waals surface area contributed by atoms with Crippen molar-refractivity contribution in [2.45, 2.75) is 25.3 Å². The predicted octanol–water partition coefficient (Wildman–Crippen LogP) is 4.56. The largest absolute Gasteiger partial charge is 0.484 e. The zero-order chi connectivity index (χ0) is 23.1. The molecular weight excluding hydrogens is 448 g/mol. The van der Waals surface area contributed by atoms with Gasteiger partial charge in [-0.15, -0.1) is 0 Å². The van der Waals surface area contributed by atoms with Crippen molar-refractivity contribution < 1.29 is 17.9 Å². The first-order valence-corrected chi connectivity index (χ1v) is 11.9. The maximum Gasteiger partial charge on any atom is 0.264 e. The molecule has 168 valence electrons. The first kappa shape index (κ1) is 23.6. The summed E-state index contributed by atoms with van der Waals surface area (Å²) in [4.78, 5) is 11.8.